The fourth-order valence-electron chi connectivity index (χ4n) is 2.59. The minimum Gasteiger partial charge on any atom is -0.365 e. The smallest absolute Gasteiger partial charge is 0.252 e. The largest absolute Gasteiger partial charge is 0.365 e. The molecule has 2 atom stereocenters. The van der Waals surface area contributed by atoms with Gasteiger partial charge >= 0.3 is 0 Å². The monoisotopic (exact) mass is 248 g/mol. The first-order valence-electron chi connectivity index (χ1n) is 6.38. The number of piperidine rings is 1. The molecule has 0 aromatic carbocycles. The molecule has 5 nitrogen and oxygen atoms in total. The van der Waals surface area contributed by atoms with E-state index in [1.165, 1.54) is 6.42 Å². The highest BCUT2D eigenvalue weighted by Crippen LogP contribution is 2.26. The van der Waals surface area contributed by atoms with Crippen LogP contribution in [0.2, 0.25) is 0 Å². The van der Waals surface area contributed by atoms with Gasteiger partial charge in [0.05, 0.1) is 5.56 Å². The molecule has 0 saturated carbocycles. The first-order chi connectivity index (χ1) is 8.61. The van der Waals surface area contributed by atoms with Crippen molar-refractivity contribution in [2.75, 3.05) is 11.4 Å². The summed E-state index contributed by atoms with van der Waals surface area (Å²) in [7, 11) is 0. The third-order valence-electron chi connectivity index (χ3n) is 3.48. The molecule has 1 amide bonds. The summed E-state index contributed by atoms with van der Waals surface area (Å²) in [5.41, 5.74) is 11.9. The molecular formula is C13H20N4O. The van der Waals surface area contributed by atoms with E-state index in [0.29, 0.717) is 11.4 Å². The number of hydrogen-bond donors (Lipinski definition) is 2. The van der Waals surface area contributed by atoms with E-state index in [1.807, 2.05) is 6.92 Å². The summed E-state index contributed by atoms with van der Waals surface area (Å²) >= 11 is 0. The number of carbonyl (C=O) groups excluding carboxylic acids is 1. The minimum atomic E-state index is -0.438. The van der Waals surface area contributed by atoms with Gasteiger partial charge in [-0.05, 0) is 38.3 Å². The molecule has 2 rings (SSSR count). The molecule has 1 fully saturated rings. The van der Waals surface area contributed by atoms with Gasteiger partial charge in [0.25, 0.3) is 5.91 Å². The number of nitrogens with zero attached hydrogens (tertiary/aromatic N) is 2. The maximum Gasteiger partial charge on any atom is 0.252 e. The lowest BCUT2D eigenvalue weighted by Crippen LogP contribution is -2.50. The summed E-state index contributed by atoms with van der Waals surface area (Å²) in [6, 6.07) is 3.73. The molecule has 0 spiro atoms. The number of primary amides is 1. The zero-order valence-corrected chi connectivity index (χ0v) is 10.7. The first-order valence-corrected chi connectivity index (χ1v) is 6.38. The van der Waals surface area contributed by atoms with Gasteiger partial charge in [-0.3, -0.25) is 4.79 Å². The normalized spacial score (nSPS) is 21.7. The molecule has 1 aromatic heterocycles. The van der Waals surface area contributed by atoms with E-state index in [2.05, 4.69) is 9.88 Å². The third kappa shape index (κ3) is 2.46. The van der Waals surface area contributed by atoms with Crippen molar-refractivity contribution in [3.63, 3.8) is 0 Å². The Morgan fingerprint density at radius 1 is 1.56 bits per heavy atom. The van der Waals surface area contributed by atoms with Gasteiger partial charge in [0.2, 0.25) is 0 Å². The van der Waals surface area contributed by atoms with Gasteiger partial charge in [-0.2, -0.15) is 0 Å². The third-order valence-corrected chi connectivity index (χ3v) is 3.48. The van der Waals surface area contributed by atoms with Crippen molar-refractivity contribution in [2.45, 2.75) is 38.3 Å². The van der Waals surface area contributed by atoms with E-state index in [0.717, 1.165) is 19.4 Å². The number of anilines is 1. The minimum absolute atomic E-state index is 0.0491. The molecule has 1 saturated heterocycles. The van der Waals surface area contributed by atoms with Crippen molar-refractivity contribution >= 4 is 11.7 Å². The average Bonchev–Trinajstić information content (AvgIpc) is 2.38. The molecule has 18 heavy (non-hydrogen) atoms. The van der Waals surface area contributed by atoms with Crippen LogP contribution in [0.5, 0.6) is 0 Å². The Labute approximate surface area is 107 Å². The SMILES string of the molecule is CC(N)C1CCCCN1c1ncccc1C(N)=O. The Kier molecular flexibility index (Phi) is 3.81. The summed E-state index contributed by atoms with van der Waals surface area (Å²) in [4.78, 5) is 17.9. The van der Waals surface area contributed by atoms with E-state index in [4.69, 9.17) is 11.5 Å². The highest BCUT2D eigenvalue weighted by Gasteiger charge is 2.28. The molecular weight excluding hydrogens is 228 g/mol. The molecule has 0 bridgehead atoms. The van der Waals surface area contributed by atoms with Crippen LogP contribution in [0.1, 0.15) is 36.5 Å². The van der Waals surface area contributed by atoms with Crippen molar-refractivity contribution in [3.8, 4) is 0 Å². The van der Waals surface area contributed by atoms with E-state index in [1.54, 1.807) is 18.3 Å². The second-order valence-electron chi connectivity index (χ2n) is 4.85. The highest BCUT2D eigenvalue weighted by molar-refractivity contribution is 5.97. The second kappa shape index (κ2) is 5.35. The standard InChI is InChI=1S/C13H20N4O/c1-9(14)11-6-2-3-8-17(11)13-10(12(15)18)5-4-7-16-13/h4-5,7,9,11H,2-3,6,8,14H2,1H3,(H2,15,18). The Hall–Kier alpha value is -1.62. The molecule has 1 aliphatic heterocycles. The first kappa shape index (κ1) is 12.8. The van der Waals surface area contributed by atoms with E-state index < -0.39 is 5.91 Å². The van der Waals surface area contributed by atoms with Gasteiger partial charge in [0, 0.05) is 24.8 Å². The van der Waals surface area contributed by atoms with E-state index in [9.17, 15) is 4.79 Å². The topological polar surface area (TPSA) is 85.2 Å². The molecule has 5 heteroatoms. The lowest BCUT2D eigenvalue weighted by molar-refractivity contribution is 0.1000. The van der Waals surface area contributed by atoms with Gasteiger partial charge in [0.15, 0.2) is 0 Å². The summed E-state index contributed by atoms with van der Waals surface area (Å²) in [5, 5.41) is 0. The number of pyridine rings is 1. The number of rotatable bonds is 3. The molecule has 0 aliphatic carbocycles. The number of carbonyl (C=O) groups is 1. The molecule has 1 aliphatic rings. The molecule has 2 unspecified atom stereocenters. The van der Waals surface area contributed by atoms with Gasteiger partial charge < -0.3 is 16.4 Å². The zero-order chi connectivity index (χ0) is 13.1. The predicted molar refractivity (Wildman–Crippen MR) is 71.4 cm³/mol. The van der Waals surface area contributed by atoms with Crippen molar-refractivity contribution in [3.05, 3.63) is 23.9 Å². The fourth-order valence-corrected chi connectivity index (χ4v) is 2.59. The number of nitrogens with two attached hydrogens (primary N) is 2. The van der Waals surface area contributed by atoms with Crippen LogP contribution < -0.4 is 16.4 Å². The van der Waals surface area contributed by atoms with Crippen molar-refractivity contribution in [1.29, 1.82) is 0 Å². The Morgan fingerprint density at radius 2 is 2.33 bits per heavy atom. The number of hydrogen-bond acceptors (Lipinski definition) is 4. The van der Waals surface area contributed by atoms with Crippen LogP contribution in [0.3, 0.4) is 0 Å². The van der Waals surface area contributed by atoms with Crippen LogP contribution >= 0.6 is 0 Å². The van der Waals surface area contributed by atoms with Crippen LogP contribution in [0.25, 0.3) is 0 Å². The molecule has 1 aromatic rings. The molecule has 98 valence electrons. The highest BCUT2D eigenvalue weighted by atomic mass is 16.1. The maximum atomic E-state index is 11.5. The molecule has 2 heterocycles. The average molecular weight is 248 g/mol. The van der Waals surface area contributed by atoms with Crippen LogP contribution in [0.4, 0.5) is 5.82 Å². The van der Waals surface area contributed by atoms with E-state index in [-0.39, 0.29) is 12.1 Å². The Bertz CT molecular complexity index is 433. The van der Waals surface area contributed by atoms with Crippen LogP contribution in [0.15, 0.2) is 18.3 Å². The summed E-state index contributed by atoms with van der Waals surface area (Å²) in [6.07, 6.45) is 4.99. The number of amides is 1. The Balaban J connectivity index is 2.36. The van der Waals surface area contributed by atoms with Crippen LogP contribution in [0, 0.1) is 0 Å². The van der Waals surface area contributed by atoms with Crippen molar-refractivity contribution in [2.24, 2.45) is 11.5 Å². The van der Waals surface area contributed by atoms with Crippen LogP contribution in [-0.4, -0.2) is 29.5 Å². The van der Waals surface area contributed by atoms with E-state index >= 15 is 0 Å². The number of aromatic nitrogens is 1. The van der Waals surface area contributed by atoms with Gasteiger partial charge in [-0.1, -0.05) is 0 Å². The van der Waals surface area contributed by atoms with Gasteiger partial charge in [-0.15, -0.1) is 0 Å². The zero-order valence-electron chi connectivity index (χ0n) is 10.7. The lowest BCUT2D eigenvalue weighted by atomic mass is 9.96. The van der Waals surface area contributed by atoms with Gasteiger partial charge in [0.1, 0.15) is 5.82 Å². The fraction of sp³-hybridized carbons (Fsp3) is 0.538. The summed E-state index contributed by atoms with van der Waals surface area (Å²) in [6.45, 7) is 2.87. The van der Waals surface area contributed by atoms with Gasteiger partial charge in [-0.25, -0.2) is 4.98 Å². The second-order valence-corrected chi connectivity index (χ2v) is 4.85. The molecule has 0 radical (unpaired) electrons. The predicted octanol–water partition coefficient (Wildman–Crippen LogP) is 0.887. The van der Waals surface area contributed by atoms with Crippen molar-refractivity contribution < 1.29 is 4.79 Å². The molecule has 4 N–H and O–H groups in total. The summed E-state index contributed by atoms with van der Waals surface area (Å²) in [5.74, 6) is 0.235. The Morgan fingerprint density at radius 3 is 3.00 bits per heavy atom. The maximum absolute atomic E-state index is 11.5. The summed E-state index contributed by atoms with van der Waals surface area (Å²) < 4.78 is 0. The van der Waals surface area contributed by atoms with Crippen molar-refractivity contribution in [1.82, 2.24) is 4.98 Å². The van der Waals surface area contributed by atoms with Crippen LogP contribution in [-0.2, 0) is 0 Å². The quantitative estimate of drug-likeness (QED) is 0.831. The lowest BCUT2D eigenvalue weighted by Gasteiger charge is -2.39.